The van der Waals surface area contributed by atoms with Gasteiger partial charge in [0, 0.05) is 42.5 Å². The predicted octanol–water partition coefficient (Wildman–Crippen LogP) is 6.75. The molecule has 206 valence electrons. The van der Waals surface area contributed by atoms with Crippen LogP contribution < -0.4 is 20.3 Å². The maximum absolute atomic E-state index is 12.4. The third-order valence-corrected chi connectivity index (χ3v) is 7.58. The van der Waals surface area contributed by atoms with E-state index in [0.717, 1.165) is 57.3 Å². The van der Waals surface area contributed by atoms with Gasteiger partial charge in [0.15, 0.2) is 5.76 Å². The minimum atomic E-state index is -4.73. The van der Waals surface area contributed by atoms with E-state index in [1.54, 1.807) is 12.3 Å². The Labute approximate surface area is 229 Å². The molecular weight excluding hydrogens is 531 g/mol. The highest BCUT2D eigenvalue weighted by molar-refractivity contribution is 6.32. The maximum Gasteiger partial charge on any atom is 0.573 e. The number of piperidine rings is 1. The van der Waals surface area contributed by atoms with E-state index >= 15 is 0 Å². The van der Waals surface area contributed by atoms with E-state index in [0.29, 0.717) is 34.0 Å². The van der Waals surface area contributed by atoms with Crippen molar-refractivity contribution in [2.45, 2.75) is 63.0 Å². The molecule has 3 atom stereocenters. The summed E-state index contributed by atoms with van der Waals surface area (Å²) in [6, 6.07) is 14.3. The molecule has 3 unspecified atom stereocenters. The molecule has 3 aromatic rings. The van der Waals surface area contributed by atoms with Crippen LogP contribution in [0.15, 0.2) is 53.1 Å². The zero-order chi connectivity index (χ0) is 27.4. The number of aromatic nitrogens is 1. The number of ether oxygens (including phenoxy) is 1. The third-order valence-electron chi connectivity index (χ3n) is 7.26. The molecule has 39 heavy (non-hydrogen) atoms. The molecule has 7 nitrogen and oxygen atoms in total. The van der Waals surface area contributed by atoms with Gasteiger partial charge in [-0.2, -0.15) is 5.26 Å². The molecule has 2 aromatic carbocycles. The van der Waals surface area contributed by atoms with Crippen molar-refractivity contribution in [3.05, 3.63) is 59.2 Å². The first-order chi connectivity index (χ1) is 18.8. The number of nitrogens with zero attached hydrogens (tertiary/aromatic N) is 3. The van der Waals surface area contributed by atoms with E-state index in [1.807, 2.05) is 12.1 Å². The molecule has 2 aliphatic rings. The summed E-state index contributed by atoms with van der Waals surface area (Å²) in [4.78, 5) is 6.67. The number of halogens is 4. The normalized spacial score (nSPS) is 21.8. The molecule has 2 heterocycles. The summed E-state index contributed by atoms with van der Waals surface area (Å²) in [7, 11) is 0. The van der Waals surface area contributed by atoms with Crippen LogP contribution in [0.1, 0.15) is 44.1 Å². The van der Waals surface area contributed by atoms with Crippen LogP contribution in [0.5, 0.6) is 5.75 Å². The number of alkyl halides is 3. The van der Waals surface area contributed by atoms with Crippen molar-refractivity contribution in [1.29, 1.82) is 5.26 Å². The van der Waals surface area contributed by atoms with Crippen LogP contribution in [0, 0.1) is 11.3 Å². The number of hydrogen-bond donors (Lipinski definition) is 2. The monoisotopic (exact) mass is 559 g/mol. The lowest BCUT2D eigenvalue weighted by molar-refractivity contribution is -0.274. The molecule has 0 amide bonds. The Kier molecular flexibility index (Phi) is 8.19. The van der Waals surface area contributed by atoms with Gasteiger partial charge in [-0.15, -0.1) is 13.2 Å². The van der Waals surface area contributed by atoms with Crippen LogP contribution >= 0.6 is 11.6 Å². The molecule has 0 spiro atoms. The Morgan fingerprint density at radius 3 is 2.54 bits per heavy atom. The fourth-order valence-corrected chi connectivity index (χ4v) is 5.62. The molecule has 0 radical (unpaired) electrons. The number of benzene rings is 2. The molecule has 11 heteroatoms. The Bertz CT molecular complexity index is 1310. The summed E-state index contributed by atoms with van der Waals surface area (Å²) in [5.41, 5.74) is 2.10. The van der Waals surface area contributed by atoms with Gasteiger partial charge in [-0.05, 0) is 68.1 Å². The molecule has 1 saturated heterocycles. The van der Waals surface area contributed by atoms with E-state index in [-0.39, 0.29) is 17.8 Å². The van der Waals surface area contributed by atoms with Crippen LogP contribution in [0.25, 0.3) is 11.3 Å². The smallest absolute Gasteiger partial charge is 0.424 e. The van der Waals surface area contributed by atoms with Gasteiger partial charge in [-0.25, -0.2) is 4.98 Å². The zero-order valence-corrected chi connectivity index (χ0v) is 21.9. The van der Waals surface area contributed by atoms with Gasteiger partial charge in [-0.1, -0.05) is 24.4 Å². The molecular formula is C28H29ClF3N5O2. The highest BCUT2D eigenvalue weighted by atomic mass is 35.5. The second kappa shape index (κ2) is 11.8. The highest BCUT2D eigenvalue weighted by Gasteiger charge is 2.32. The number of nitriles is 1. The molecule has 2 N–H and O–H groups in total. The Morgan fingerprint density at radius 1 is 1.05 bits per heavy atom. The number of anilines is 2. The van der Waals surface area contributed by atoms with E-state index in [4.69, 9.17) is 21.3 Å². The Morgan fingerprint density at radius 2 is 1.82 bits per heavy atom. The first-order valence-electron chi connectivity index (χ1n) is 13.1. The van der Waals surface area contributed by atoms with Crippen molar-refractivity contribution in [2.24, 2.45) is 0 Å². The summed E-state index contributed by atoms with van der Waals surface area (Å²) in [5, 5.41) is 16.9. The number of oxazole rings is 1. The van der Waals surface area contributed by atoms with Crippen molar-refractivity contribution >= 4 is 23.3 Å². The van der Waals surface area contributed by atoms with Gasteiger partial charge >= 0.3 is 6.36 Å². The van der Waals surface area contributed by atoms with Crippen molar-refractivity contribution in [3.8, 4) is 23.1 Å². The van der Waals surface area contributed by atoms with Crippen molar-refractivity contribution in [1.82, 2.24) is 10.3 Å². The van der Waals surface area contributed by atoms with E-state index < -0.39 is 6.36 Å². The lowest BCUT2D eigenvalue weighted by Crippen LogP contribution is -2.54. The second-order valence-electron chi connectivity index (χ2n) is 9.97. The summed E-state index contributed by atoms with van der Waals surface area (Å²) < 4.78 is 47.1. The van der Waals surface area contributed by atoms with Crippen LogP contribution in [0.3, 0.4) is 0 Å². The number of rotatable bonds is 7. The molecule has 1 aliphatic carbocycles. The fourth-order valence-electron chi connectivity index (χ4n) is 5.40. The maximum atomic E-state index is 12.4. The number of hydrogen-bond acceptors (Lipinski definition) is 7. The fraction of sp³-hybridized carbons (Fsp3) is 0.429. The standard InChI is InChI=1S/C28H29ClF3N5O2/c29-23-14-21(10-7-19(23)15-33)37-13-3-4-20(17-37)35-24-5-1-2-6-25(24)36-27-34-16-26(38-27)18-8-11-22(12-9-18)39-28(30,31)32/h7-12,14,16,20,24-25,35H,1-6,13,17H2,(H,34,36). The van der Waals surface area contributed by atoms with Crippen molar-refractivity contribution in [2.75, 3.05) is 23.3 Å². The zero-order valence-electron chi connectivity index (χ0n) is 21.2. The summed E-state index contributed by atoms with van der Waals surface area (Å²) >= 11 is 6.27. The average molecular weight is 560 g/mol. The Hall–Kier alpha value is -3.42. The first kappa shape index (κ1) is 27.2. The molecule has 1 aliphatic heterocycles. The lowest BCUT2D eigenvalue weighted by Gasteiger charge is -2.40. The largest absolute Gasteiger partial charge is 0.573 e. The molecule has 1 aromatic heterocycles. The van der Waals surface area contributed by atoms with Gasteiger partial charge < -0.3 is 24.7 Å². The van der Waals surface area contributed by atoms with E-state index in [2.05, 4.69) is 31.3 Å². The molecule has 2 fully saturated rings. The lowest BCUT2D eigenvalue weighted by atomic mass is 9.89. The molecule has 1 saturated carbocycles. The van der Waals surface area contributed by atoms with Gasteiger partial charge in [0.25, 0.3) is 6.01 Å². The minimum absolute atomic E-state index is 0.132. The molecule has 0 bridgehead atoms. The Balaban J connectivity index is 1.20. The predicted molar refractivity (Wildman–Crippen MR) is 143 cm³/mol. The van der Waals surface area contributed by atoms with Crippen LogP contribution in [-0.2, 0) is 0 Å². The van der Waals surface area contributed by atoms with Crippen LogP contribution in [0.2, 0.25) is 5.02 Å². The minimum Gasteiger partial charge on any atom is -0.424 e. The summed E-state index contributed by atoms with van der Waals surface area (Å²) in [6.07, 6.45) is 3.20. The van der Waals surface area contributed by atoms with Crippen molar-refractivity contribution in [3.63, 3.8) is 0 Å². The second-order valence-corrected chi connectivity index (χ2v) is 10.4. The highest BCUT2D eigenvalue weighted by Crippen LogP contribution is 2.30. The average Bonchev–Trinajstić information content (AvgIpc) is 3.38. The van der Waals surface area contributed by atoms with Gasteiger partial charge in [-0.3, -0.25) is 0 Å². The topological polar surface area (TPSA) is 86.4 Å². The summed E-state index contributed by atoms with van der Waals surface area (Å²) in [5.74, 6) is 0.171. The van der Waals surface area contributed by atoms with Crippen LogP contribution in [-0.4, -0.2) is 42.6 Å². The van der Waals surface area contributed by atoms with Crippen LogP contribution in [0.4, 0.5) is 24.9 Å². The summed E-state index contributed by atoms with van der Waals surface area (Å²) in [6.45, 7) is 1.79. The van der Waals surface area contributed by atoms with Gasteiger partial charge in [0.1, 0.15) is 11.8 Å². The third kappa shape index (κ3) is 6.97. The number of nitrogens with one attached hydrogen (secondary N) is 2. The van der Waals surface area contributed by atoms with E-state index in [9.17, 15) is 13.2 Å². The van der Waals surface area contributed by atoms with Crippen molar-refractivity contribution < 1.29 is 22.3 Å². The SMILES string of the molecule is N#Cc1ccc(N2CCCC(NC3CCCCC3Nc3ncc(-c4ccc(OC(F)(F)F)cc4)o3)C2)cc1Cl. The van der Waals surface area contributed by atoms with Gasteiger partial charge in [0.2, 0.25) is 0 Å². The molecule has 5 rings (SSSR count). The van der Waals surface area contributed by atoms with Gasteiger partial charge in [0.05, 0.1) is 16.8 Å². The quantitative estimate of drug-likeness (QED) is 0.331. The van der Waals surface area contributed by atoms with E-state index in [1.165, 1.54) is 24.3 Å². The first-order valence-corrected chi connectivity index (χ1v) is 13.4.